The van der Waals surface area contributed by atoms with Gasteiger partial charge >= 0.3 is 0 Å². The minimum absolute atomic E-state index is 0.145. The van der Waals surface area contributed by atoms with E-state index in [4.69, 9.17) is 9.72 Å². The lowest BCUT2D eigenvalue weighted by atomic mass is 9.88. The predicted octanol–water partition coefficient (Wildman–Crippen LogP) is 2.78. The molecule has 4 rings (SSSR count). The van der Waals surface area contributed by atoms with E-state index in [-0.39, 0.29) is 11.8 Å². The maximum absolute atomic E-state index is 12.9. The number of carbonyl (C=O) groups is 2. The fourth-order valence-corrected chi connectivity index (χ4v) is 5.28. The number of amides is 2. The van der Waals surface area contributed by atoms with Crippen LogP contribution in [0.15, 0.2) is 0 Å². The summed E-state index contributed by atoms with van der Waals surface area (Å²) in [5.74, 6) is 1.21. The summed E-state index contributed by atoms with van der Waals surface area (Å²) in [6.07, 6.45) is 6.71. The van der Waals surface area contributed by atoms with Gasteiger partial charge in [-0.25, -0.2) is 9.67 Å². The van der Waals surface area contributed by atoms with Crippen LogP contribution >= 0.6 is 0 Å². The number of methoxy groups -OCH3 is 1. The van der Waals surface area contributed by atoms with Crippen LogP contribution in [-0.2, 0) is 23.1 Å². The second kappa shape index (κ2) is 9.46. The Kier molecular flexibility index (Phi) is 6.67. The molecule has 32 heavy (non-hydrogen) atoms. The van der Waals surface area contributed by atoms with E-state index in [9.17, 15) is 9.59 Å². The van der Waals surface area contributed by atoms with Gasteiger partial charge in [0.25, 0.3) is 0 Å². The smallest absolute Gasteiger partial charge is 0.242 e. The van der Waals surface area contributed by atoms with Gasteiger partial charge in [0.15, 0.2) is 5.65 Å². The Morgan fingerprint density at radius 3 is 2.34 bits per heavy atom. The summed E-state index contributed by atoms with van der Waals surface area (Å²) < 4.78 is 7.17. The van der Waals surface area contributed by atoms with E-state index in [2.05, 4.69) is 12.0 Å². The van der Waals surface area contributed by atoms with Gasteiger partial charge in [0.1, 0.15) is 0 Å². The molecule has 3 heterocycles. The monoisotopic (exact) mass is 441 g/mol. The van der Waals surface area contributed by atoms with Gasteiger partial charge in [-0.05, 0) is 44.2 Å². The number of aryl methyl sites for hydroxylation is 3. The molecule has 0 radical (unpaired) electrons. The van der Waals surface area contributed by atoms with Crippen LogP contribution in [0.4, 0.5) is 0 Å². The van der Waals surface area contributed by atoms with Gasteiger partial charge in [0.05, 0.1) is 12.5 Å². The summed E-state index contributed by atoms with van der Waals surface area (Å²) >= 11 is 0. The van der Waals surface area contributed by atoms with E-state index >= 15 is 0 Å². The Balaban J connectivity index is 1.36. The van der Waals surface area contributed by atoms with E-state index in [0.717, 1.165) is 40.7 Å². The van der Waals surface area contributed by atoms with Crippen molar-refractivity contribution in [3.05, 3.63) is 16.8 Å². The molecule has 0 spiro atoms. The first kappa shape index (κ1) is 22.6. The topological polar surface area (TPSA) is 80.6 Å². The van der Waals surface area contributed by atoms with E-state index in [1.165, 1.54) is 19.3 Å². The highest BCUT2D eigenvalue weighted by atomic mass is 16.5. The van der Waals surface area contributed by atoms with E-state index in [0.29, 0.717) is 50.8 Å². The fourth-order valence-electron chi connectivity index (χ4n) is 5.28. The number of nitrogens with zero attached hydrogens (tertiary/aromatic N) is 5. The Labute approximate surface area is 189 Å². The molecule has 8 heteroatoms. The molecule has 2 fully saturated rings. The number of rotatable bonds is 5. The second-order valence-corrected chi connectivity index (χ2v) is 9.17. The van der Waals surface area contributed by atoms with Crippen molar-refractivity contribution < 1.29 is 14.3 Å². The zero-order chi connectivity index (χ0) is 22.8. The Morgan fingerprint density at radius 2 is 1.69 bits per heavy atom. The molecule has 2 aromatic heterocycles. The molecule has 1 aliphatic heterocycles. The van der Waals surface area contributed by atoms with Crippen molar-refractivity contribution >= 4 is 22.8 Å². The van der Waals surface area contributed by atoms with Crippen molar-refractivity contribution in [3.63, 3.8) is 0 Å². The number of aromatic nitrogens is 3. The fraction of sp³-hybridized carbons (Fsp3) is 0.667. The third-order valence-electron chi connectivity index (χ3n) is 7.20. The standard InChI is InChI=1S/C24H35N5O3/c1-16-19(17(2)25-22-21(16)23(32-4)26-27(22)3)10-11-20(30)28-12-14-29(15-13-28)24(31)18-8-6-5-7-9-18/h18H,5-15H2,1-4H3. The maximum Gasteiger partial charge on any atom is 0.242 e. The van der Waals surface area contributed by atoms with Crippen LogP contribution in [0.3, 0.4) is 0 Å². The number of hydrogen-bond donors (Lipinski definition) is 0. The molecular weight excluding hydrogens is 406 g/mol. The highest BCUT2D eigenvalue weighted by Gasteiger charge is 2.29. The predicted molar refractivity (Wildman–Crippen MR) is 123 cm³/mol. The van der Waals surface area contributed by atoms with Crippen molar-refractivity contribution in [2.75, 3.05) is 33.3 Å². The van der Waals surface area contributed by atoms with Crippen LogP contribution < -0.4 is 4.74 Å². The summed E-state index contributed by atoms with van der Waals surface area (Å²) in [6, 6.07) is 0. The Hall–Kier alpha value is -2.64. The van der Waals surface area contributed by atoms with Crippen molar-refractivity contribution in [2.45, 2.75) is 58.8 Å². The minimum Gasteiger partial charge on any atom is -0.479 e. The number of ether oxygens (including phenoxy) is 1. The van der Waals surface area contributed by atoms with Crippen LogP contribution in [-0.4, -0.2) is 69.7 Å². The summed E-state index contributed by atoms with van der Waals surface area (Å²) in [4.78, 5) is 34.3. The number of hydrogen-bond acceptors (Lipinski definition) is 5. The first-order valence-electron chi connectivity index (χ1n) is 11.8. The van der Waals surface area contributed by atoms with Gasteiger partial charge in [-0.2, -0.15) is 0 Å². The van der Waals surface area contributed by atoms with Crippen LogP contribution in [0.25, 0.3) is 11.0 Å². The van der Waals surface area contributed by atoms with Gasteiger partial charge in [0, 0.05) is 51.3 Å². The molecule has 8 nitrogen and oxygen atoms in total. The molecule has 1 saturated heterocycles. The normalized spacial score (nSPS) is 17.8. The van der Waals surface area contributed by atoms with Crippen LogP contribution in [0, 0.1) is 19.8 Å². The lowest BCUT2D eigenvalue weighted by Crippen LogP contribution is -2.52. The zero-order valence-corrected chi connectivity index (χ0v) is 19.8. The number of pyridine rings is 1. The SMILES string of the molecule is COc1nn(C)c2nc(C)c(CCC(=O)N3CCN(C(=O)C4CCCCC4)CC3)c(C)c12. The third-order valence-corrected chi connectivity index (χ3v) is 7.20. The molecule has 0 aromatic carbocycles. The van der Waals surface area contributed by atoms with Crippen LogP contribution in [0.5, 0.6) is 5.88 Å². The molecule has 0 bridgehead atoms. The molecule has 2 amide bonds. The molecule has 174 valence electrons. The van der Waals surface area contributed by atoms with E-state index in [1.807, 2.05) is 23.8 Å². The quantitative estimate of drug-likeness (QED) is 0.713. The average molecular weight is 442 g/mol. The van der Waals surface area contributed by atoms with Gasteiger partial charge in [0.2, 0.25) is 17.7 Å². The minimum atomic E-state index is 0.145. The van der Waals surface area contributed by atoms with E-state index < -0.39 is 0 Å². The number of carbonyl (C=O) groups excluding carboxylic acids is 2. The van der Waals surface area contributed by atoms with Gasteiger partial charge < -0.3 is 14.5 Å². The number of fused-ring (bicyclic) bond motifs is 1. The highest BCUT2D eigenvalue weighted by molar-refractivity contribution is 5.86. The Morgan fingerprint density at radius 1 is 1.03 bits per heavy atom. The first-order valence-corrected chi connectivity index (χ1v) is 11.8. The molecule has 0 atom stereocenters. The lowest BCUT2D eigenvalue weighted by molar-refractivity contribution is -0.142. The largest absolute Gasteiger partial charge is 0.479 e. The summed E-state index contributed by atoms with van der Waals surface area (Å²) in [7, 11) is 3.47. The first-order chi connectivity index (χ1) is 15.4. The van der Waals surface area contributed by atoms with E-state index in [1.54, 1.807) is 11.8 Å². The van der Waals surface area contributed by atoms with Crippen molar-refractivity contribution in [1.82, 2.24) is 24.6 Å². The third kappa shape index (κ3) is 4.32. The molecule has 2 aromatic rings. The van der Waals surface area contributed by atoms with Crippen molar-refractivity contribution in [2.24, 2.45) is 13.0 Å². The molecule has 1 aliphatic carbocycles. The second-order valence-electron chi connectivity index (χ2n) is 9.17. The number of piperazine rings is 1. The van der Waals surface area contributed by atoms with Gasteiger partial charge in [-0.1, -0.05) is 19.3 Å². The molecule has 0 unspecified atom stereocenters. The van der Waals surface area contributed by atoms with Gasteiger partial charge in [-0.15, -0.1) is 5.10 Å². The molecular formula is C24H35N5O3. The lowest BCUT2D eigenvalue weighted by Gasteiger charge is -2.37. The average Bonchev–Trinajstić information content (AvgIpc) is 3.14. The Bertz CT molecular complexity index is 1000. The highest BCUT2D eigenvalue weighted by Crippen LogP contribution is 2.30. The summed E-state index contributed by atoms with van der Waals surface area (Å²) in [6.45, 7) is 6.60. The maximum atomic E-state index is 12.9. The van der Waals surface area contributed by atoms with Gasteiger partial charge in [-0.3, -0.25) is 9.59 Å². The van der Waals surface area contributed by atoms with Crippen molar-refractivity contribution in [1.29, 1.82) is 0 Å². The van der Waals surface area contributed by atoms with Crippen LogP contribution in [0.2, 0.25) is 0 Å². The molecule has 0 N–H and O–H groups in total. The summed E-state index contributed by atoms with van der Waals surface area (Å²) in [5, 5.41) is 5.31. The molecule has 1 saturated carbocycles. The summed E-state index contributed by atoms with van der Waals surface area (Å²) in [5.41, 5.74) is 3.89. The zero-order valence-electron chi connectivity index (χ0n) is 19.8. The van der Waals surface area contributed by atoms with Crippen LogP contribution in [0.1, 0.15) is 55.3 Å². The molecule has 2 aliphatic rings. The van der Waals surface area contributed by atoms with Crippen molar-refractivity contribution in [3.8, 4) is 5.88 Å².